The standard InChI is InChI=1S/C13H8F5NO3S/c14-10-4-2-8(6-11(10)15)23(21,22)19-7-1-3-9(12(20)5-7)13(16,17)18/h1-6,19-20H. The Balaban J connectivity index is 2.34. The van der Waals surface area contributed by atoms with Crippen LogP contribution in [0.2, 0.25) is 0 Å². The lowest BCUT2D eigenvalue weighted by Crippen LogP contribution is -2.14. The summed E-state index contributed by atoms with van der Waals surface area (Å²) in [7, 11) is -4.37. The van der Waals surface area contributed by atoms with Gasteiger partial charge in [-0.25, -0.2) is 17.2 Å². The second-order valence-corrected chi connectivity index (χ2v) is 6.09. The first-order valence-electron chi connectivity index (χ1n) is 5.89. The van der Waals surface area contributed by atoms with E-state index in [1.165, 1.54) is 0 Å². The van der Waals surface area contributed by atoms with Gasteiger partial charge in [0.25, 0.3) is 10.0 Å². The first kappa shape index (κ1) is 17.0. The second kappa shape index (κ2) is 5.69. The van der Waals surface area contributed by atoms with E-state index in [-0.39, 0.29) is 5.69 Å². The second-order valence-electron chi connectivity index (χ2n) is 4.41. The summed E-state index contributed by atoms with van der Waals surface area (Å²) < 4.78 is 89.1. The van der Waals surface area contributed by atoms with E-state index in [9.17, 15) is 35.5 Å². The van der Waals surface area contributed by atoms with Crippen molar-refractivity contribution in [2.24, 2.45) is 0 Å². The van der Waals surface area contributed by atoms with E-state index in [2.05, 4.69) is 0 Å². The third-order valence-corrected chi connectivity index (χ3v) is 4.14. The number of alkyl halides is 3. The van der Waals surface area contributed by atoms with Gasteiger partial charge in [0.1, 0.15) is 5.75 Å². The summed E-state index contributed by atoms with van der Waals surface area (Å²) in [5.74, 6) is -3.83. The Kier molecular flexibility index (Phi) is 4.20. The van der Waals surface area contributed by atoms with Crippen LogP contribution in [0, 0.1) is 11.6 Å². The van der Waals surface area contributed by atoms with Crippen LogP contribution in [0.25, 0.3) is 0 Å². The SMILES string of the molecule is O=S(=O)(Nc1ccc(C(F)(F)F)c(O)c1)c1ccc(F)c(F)c1. The Morgan fingerprint density at radius 1 is 0.957 bits per heavy atom. The minimum Gasteiger partial charge on any atom is -0.507 e. The van der Waals surface area contributed by atoms with Gasteiger partial charge in [0.15, 0.2) is 11.6 Å². The molecule has 0 unspecified atom stereocenters. The molecular formula is C13H8F5NO3S. The van der Waals surface area contributed by atoms with Gasteiger partial charge in [0.05, 0.1) is 16.1 Å². The zero-order chi connectivity index (χ0) is 17.4. The topological polar surface area (TPSA) is 66.4 Å². The van der Waals surface area contributed by atoms with Crippen molar-refractivity contribution in [2.75, 3.05) is 4.72 Å². The van der Waals surface area contributed by atoms with Gasteiger partial charge in [-0.3, -0.25) is 4.72 Å². The number of anilines is 1. The van der Waals surface area contributed by atoms with Crippen LogP contribution in [-0.4, -0.2) is 13.5 Å². The molecule has 0 heterocycles. The van der Waals surface area contributed by atoms with Crippen molar-refractivity contribution in [3.63, 3.8) is 0 Å². The molecule has 0 saturated heterocycles. The Bertz CT molecular complexity index is 849. The predicted octanol–water partition coefficient (Wildman–Crippen LogP) is 3.49. The predicted molar refractivity (Wildman–Crippen MR) is 70.3 cm³/mol. The van der Waals surface area contributed by atoms with Gasteiger partial charge in [-0.05, 0) is 30.3 Å². The third-order valence-electron chi connectivity index (χ3n) is 2.76. The van der Waals surface area contributed by atoms with Crippen molar-refractivity contribution >= 4 is 15.7 Å². The van der Waals surface area contributed by atoms with Gasteiger partial charge in [0, 0.05) is 6.07 Å². The smallest absolute Gasteiger partial charge is 0.419 e. The average Bonchev–Trinajstić information content (AvgIpc) is 2.39. The maximum Gasteiger partial charge on any atom is 0.419 e. The molecular weight excluding hydrogens is 345 g/mol. The molecule has 0 aromatic heterocycles. The number of hydrogen-bond donors (Lipinski definition) is 2. The zero-order valence-electron chi connectivity index (χ0n) is 11.0. The van der Waals surface area contributed by atoms with E-state index in [1.807, 2.05) is 4.72 Å². The fourth-order valence-electron chi connectivity index (χ4n) is 1.69. The van der Waals surface area contributed by atoms with E-state index in [4.69, 9.17) is 0 Å². The van der Waals surface area contributed by atoms with Crippen LogP contribution < -0.4 is 4.72 Å². The Labute approximate surface area is 127 Å². The molecule has 0 aliphatic heterocycles. The molecule has 2 aromatic rings. The maximum atomic E-state index is 13.1. The number of halogens is 5. The fraction of sp³-hybridized carbons (Fsp3) is 0.0769. The number of nitrogens with one attached hydrogen (secondary N) is 1. The summed E-state index contributed by atoms with van der Waals surface area (Å²) in [5.41, 5.74) is -1.71. The van der Waals surface area contributed by atoms with Crippen LogP contribution in [-0.2, 0) is 16.2 Å². The number of phenolic OH excluding ortho intramolecular Hbond substituents is 1. The van der Waals surface area contributed by atoms with Crippen LogP contribution in [0.1, 0.15) is 5.56 Å². The molecule has 10 heteroatoms. The van der Waals surface area contributed by atoms with Crippen LogP contribution in [0.3, 0.4) is 0 Å². The van der Waals surface area contributed by atoms with Gasteiger partial charge in [0.2, 0.25) is 0 Å². The molecule has 0 bridgehead atoms. The highest BCUT2D eigenvalue weighted by Gasteiger charge is 2.34. The molecule has 0 spiro atoms. The molecule has 0 amide bonds. The molecule has 124 valence electrons. The normalized spacial score (nSPS) is 12.2. The lowest BCUT2D eigenvalue weighted by Gasteiger charge is -2.12. The zero-order valence-corrected chi connectivity index (χ0v) is 11.8. The van der Waals surface area contributed by atoms with Crippen LogP contribution in [0.15, 0.2) is 41.3 Å². The number of aromatic hydroxyl groups is 1. The number of rotatable bonds is 3. The van der Waals surface area contributed by atoms with Crippen molar-refractivity contribution in [1.29, 1.82) is 0 Å². The highest BCUT2D eigenvalue weighted by molar-refractivity contribution is 7.92. The van der Waals surface area contributed by atoms with Crippen molar-refractivity contribution < 1.29 is 35.5 Å². The molecule has 2 aromatic carbocycles. The van der Waals surface area contributed by atoms with E-state index in [0.29, 0.717) is 24.3 Å². The third kappa shape index (κ3) is 3.70. The monoisotopic (exact) mass is 353 g/mol. The van der Waals surface area contributed by atoms with E-state index < -0.39 is 44.0 Å². The highest BCUT2D eigenvalue weighted by Crippen LogP contribution is 2.37. The molecule has 0 aliphatic rings. The van der Waals surface area contributed by atoms with E-state index in [1.54, 1.807) is 0 Å². The van der Waals surface area contributed by atoms with Crippen LogP contribution in [0.5, 0.6) is 5.75 Å². The highest BCUT2D eigenvalue weighted by atomic mass is 32.2. The summed E-state index contributed by atoms with van der Waals surface area (Å²) in [4.78, 5) is -0.629. The lowest BCUT2D eigenvalue weighted by atomic mass is 10.2. The minimum absolute atomic E-state index is 0.375. The summed E-state index contributed by atoms with van der Waals surface area (Å²) in [6.07, 6.45) is -4.80. The largest absolute Gasteiger partial charge is 0.507 e. The van der Waals surface area contributed by atoms with Gasteiger partial charge >= 0.3 is 6.18 Å². The number of hydrogen-bond acceptors (Lipinski definition) is 3. The minimum atomic E-state index is -4.80. The van der Waals surface area contributed by atoms with E-state index >= 15 is 0 Å². The first-order chi connectivity index (χ1) is 10.5. The Hall–Kier alpha value is -2.36. The Morgan fingerprint density at radius 3 is 2.13 bits per heavy atom. The van der Waals surface area contributed by atoms with Gasteiger partial charge in [-0.2, -0.15) is 13.2 Å². The summed E-state index contributed by atoms with van der Waals surface area (Å²) in [6, 6.07) is 3.61. The summed E-state index contributed by atoms with van der Waals surface area (Å²) in [5, 5.41) is 9.31. The molecule has 0 fully saturated rings. The van der Waals surface area contributed by atoms with Gasteiger partial charge in [-0.15, -0.1) is 0 Å². The van der Waals surface area contributed by atoms with Crippen molar-refractivity contribution in [2.45, 2.75) is 11.1 Å². The molecule has 0 radical (unpaired) electrons. The molecule has 23 heavy (non-hydrogen) atoms. The number of benzene rings is 2. The maximum absolute atomic E-state index is 13.1. The molecule has 2 rings (SSSR count). The number of sulfonamides is 1. The van der Waals surface area contributed by atoms with Crippen molar-refractivity contribution in [3.8, 4) is 5.75 Å². The van der Waals surface area contributed by atoms with Crippen LogP contribution >= 0.6 is 0 Å². The van der Waals surface area contributed by atoms with Crippen molar-refractivity contribution in [1.82, 2.24) is 0 Å². The molecule has 2 N–H and O–H groups in total. The van der Waals surface area contributed by atoms with Gasteiger partial charge in [-0.1, -0.05) is 0 Å². The van der Waals surface area contributed by atoms with Crippen molar-refractivity contribution in [3.05, 3.63) is 53.6 Å². The fourth-order valence-corrected chi connectivity index (χ4v) is 2.75. The van der Waals surface area contributed by atoms with Crippen LogP contribution in [0.4, 0.5) is 27.6 Å². The average molecular weight is 353 g/mol. The summed E-state index contributed by atoms with van der Waals surface area (Å²) >= 11 is 0. The molecule has 0 atom stereocenters. The van der Waals surface area contributed by atoms with E-state index in [0.717, 1.165) is 12.1 Å². The lowest BCUT2D eigenvalue weighted by molar-refractivity contribution is -0.138. The Morgan fingerprint density at radius 2 is 1.61 bits per heavy atom. The first-order valence-corrected chi connectivity index (χ1v) is 7.37. The molecule has 4 nitrogen and oxygen atoms in total. The summed E-state index contributed by atoms with van der Waals surface area (Å²) in [6.45, 7) is 0. The van der Waals surface area contributed by atoms with Gasteiger partial charge < -0.3 is 5.11 Å². The quantitative estimate of drug-likeness (QED) is 0.830. The number of phenols is 1. The molecule has 0 saturated carbocycles. The molecule has 0 aliphatic carbocycles.